The molecule has 1 heterocycles. The first-order valence-electron chi connectivity index (χ1n) is 12.9. The molecule has 0 spiro atoms. The Hall–Kier alpha value is -2.48. The molecule has 0 aliphatic carbocycles. The van der Waals surface area contributed by atoms with Gasteiger partial charge in [-0.1, -0.05) is 26.8 Å². The highest BCUT2D eigenvalue weighted by Gasteiger charge is 2.34. The zero-order chi connectivity index (χ0) is 26.9. The van der Waals surface area contributed by atoms with Crippen LogP contribution >= 0.6 is 0 Å². The van der Waals surface area contributed by atoms with E-state index in [1.54, 1.807) is 14.2 Å². The van der Waals surface area contributed by atoms with E-state index in [9.17, 15) is 9.59 Å². The van der Waals surface area contributed by atoms with Gasteiger partial charge in [0.2, 0.25) is 0 Å². The fourth-order valence-electron chi connectivity index (χ4n) is 4.52. The maximum atomic E-state index is 12.9. The van der Waals surface area contributed by atoms with Gasteiger partial charge in [-0.3, -0.25) is 4.79 Å². The zero-order valence-electron chi connectivity index (χ0n) is 23.2. The molecule has 8 nitrogen and oxygen atoms in total. The maximum Gasteiger partial charge on any atom is 0.408 e. The quantitative estimate of drug-likeness (QED) is 0.271. The Morgan fingerprint density at radius 3 is 2.44 bits per heavy atom. The van der Waals surface area contributed by atoms with Gasteiger partial charge in [-0.05, 0) is 69.6 Å². The second-order valence-corrected chi connectivity index (χ2v) is 10.9. The lowest BCUT2D eigenvalue weighted by molar-refractivity contribution is -0.144. The average Bonchev–Trinajstić information content (AvgIpc) is 3.11. The lowest BCUT2D eigenvalue weighted by atomic mass is 9.80. The molecule has 0 saturated carbocycles. The molecule has 0 aromatic heterocycles. The Bertz CT molecular complexity index is 849. The molecule has 2 rings (SSSR count). The Balaban J connectivity index is 2.32. The first kappa shape index (κ1) is 29.7. The Labute approximate surface area is 216 Å². The highest BCUT2D eigenvalue weighted by atomic mass is 16.6. The summed E-state index contributed by atoms with van der Waals surface area (Å²) in [6.45, 7) is 12.8. The lowest BCUT2D eigenvalue weighted by Crippen LogP contribution is -2.39. The molecule has 1 amide bonds. The van der Waals surface area contributed by atoms with Gasteiger partial charge in [0.15, 0.2) is 11.5 Å². The van der Waals surface area contributed by atoms with Crippen molar-refractivity contribution >= 4 is 12.1 Å². The number of amides is 1. The molecule has 36 heavy (non-hydrogen) atoms. The van der Waals surface area contributed by atoms with Crippen LogP contribution in [-0.2, 0) is 19.0 Å². The average molecular weight is 508 g/mol. The predicted octanol–water partition coefficient (Wildman–Crippen LogP) is 5.68. The van der Waals surface area contributed by atoms with Crippen LogP contribution in [0, 0.1) is 17.8 Å². The van der Waals surface area contributed by atoms with Crippen molar-refractivity contribution in [1.82, 2.24) is 5.32 Å². The number of carbonyl (C=O) groups is 2. The van der Waals surface area contributed by atoms with Crippen molar-refractivity contribution in [3.8, 4) is 11.5 Å². The summed E-state index contributed by atoms with van der Waals surface area (Å²) in [6.07, 6.45) is 2.43. The second-order valence-electron chi connectivity index (χ2n) is 10.9. The van der Waals surface area contributed by atoms with Crippen LogP contribution in [0.4, 0.5) is 4.79 Å². The zero-order valence-corrected chi connectivity index (χ0v) is 23.2. The normalized spacial score (nSPS) is 19.5. The van der Waals surface area contributed by atoms with Gasteiger partial charge in [0.05, 0.1) is 25.7 Å². The van der Waals surface area contributed by atoms with E-state index in [-0.39, 0.29) is 35.9 Å². The van der Waals surface area contributed by atoms with E-state index in [0.717, 1.165) is 31.2 Å². The van der Waals surface area contributed by atoms with Crippen LogP contribution in [0.15, 0.2) is 18.2 Å². The first-order valence-corrected chi connectivity index (χ1v) is 12.9. The van der Waals surface area contributed by atoms with E-state index in [2.05, 4.69) is 19.2 Å². The molecule has 1 N–H and O–H groups in total. The fraction of sp³-hybridized carbons (Fsp3) is 0.714. The molecule has 4 unspecified atom stereocenters. The van der Waals surface area contributed by atoms with Crippen LogP contribution in [0.5, 0.6) is 11.5 Å². The Kier molecular flexibility index (Phi) is 11.3. The summed E-state index contributed by atoms with van der Waals surface area (Å²) >= 11 is 0. The largest absolute Gasteiger partial charge is 0.493 e. The molecule has 204 valence electrons. The van der Waals surface area contributed by atoms with Crippen LogP contribution in [-0.4, -0.2) is 51.2 Å². The summed E-state index contributed by atoms with van der Waals surface area (Å²) < 4.78 is 27.8. The number of nitrogens with one attached hydrogen (secondary N) is 1. The number of rotatable bonds is 13. The maximum absolute atomic E-state index is 12.9. The number of alkyl carbamates (subject to hydrolysis) is 1. The minimum Gasteiger partial charge on any atom is -0.493 e. The van der Waals surface area contributed by atoms with Crippen LogP contribution < -0.4 is 14.8 Å². The van der Waals surface area contributed by atoms with Crippen molar-refractivity contribution in [1.29, 1.82) is 0 Å². The van der Waals surface area contributed by atoms with Crippen LogP contribution in [0.3, 0.4) is 0 Å². The van der Waals surface area contributed by atoms with Crippen molar-refractivity contribution in [2.45, 2.75) is 85.0 Å². The van der Waals surface area contributed by atoms with Gasteiger partial charge >= 0.3 is 12.1 Å². The number of benzene rings is 1. The molecule has 1 saturated heterocycles. The standard InChI is InChI=1S/C28H45NO7/c1-18(2)22(12-11-21-16-19(3)26(30)35-21)25(29-27(31)36-28(4,5)6)20-10-13-23(33-8)24(17-20)34-15-9-14-32-7/h10,13,17-19,21-22,25H,9,11-12,14-16H2,1-8H3,(H,29,31). The summed E-state index contributed by atoms with van der Waals surface area (Å²) in [5.74, 6) is 1.36. The molecule has 1 aliphatic rings. The molecule has 1 aromatic rings. The van der Waals surface area contributed by atoms with E-state index < -0.39 is 11.7 Å². The summed E-state index contributed by atoms with van der Waals surface area (Å²) in [6, 6.07) is 5.42. The van der Waals surface area contributed by atoms with Gasteiger partial charge in [0.25, 0.3) is 0 Å². The minimum atomic E-state index is -0.619. The van der Waals surface area contributed by atoms with Gasteiger partial charge in [0.1, 0.15) is 11.7 Å². The predicted molar refractivity (Wildman–Crippen MR) is 138 cm³/mol. The highest BCUT2D eigenvalue weighted by molar-refractivity contribution is 5.74. The number of hydrogen-bond donors (Lipinski definition) is 1. The van der Waals surface area contributed by atoms with E-state index in [0.29, 0.717) is 24.7 Å². The van der Waals surface area contributed by atoms with E-state index in [4.69, 9.17) is 23.7 Å². The second kappa shape index (κ2) is 13.7. The van der Waals surface area contributed by atoms with Crippen molar-refractivity contribution in [3.63, 3.8) is 0 Å². The molecular weight excluding hydrogens is 462 g/mol. The fourth-order valence-corrected chi connectivity index (χ4v) is 4.52. The van der Waals surface area contributed by atoms with E-state index in [1.807, 2.05) is 45.9 Å². The van der Waals surface area contributed by atoms with Crippen molar-refractivity contribution in [2.75, 3.05) is 27.4 Å². The van der Waals surface area contributed by atoms with Crippen molar-refractivity contribution < 1.29 is 33.3 Å². The summed E-state index contributed by atoms with van der Waals surface area (Å²) in [4.78, 5) is 24.8. The van der Waals surface area contributed by atoms with Gasteiger partial charge in [0, 0.05) is 20.1 Å². The smallest absolute Gasteiger partial charge is 0.408 e. The van der Waals surface area contributed by atoms with Gasteiger partial charge < -0.3 is 29.0 Å². The van der Waals surface area contributed by atoms with Gasteiger partial charge in [-0.25, -0.2) is 4.79 Å². The molecule has 4 atom stereocenters. The van der Waals surface area contributed by atoms with E-state index in [1.165, 1.54) is 0 Å². The molecule has 8 heteroatoms. The van der Waals surface area contributed by atoms with Crippen molar-refractivity contribution in [3.05, 3.63) is 23.8 Å². The minimum absolute atomic E-state index is 0.0670. The third-order valence-electron chi connectivity index (χ3n) is 6.38. The van der Waals surface area contributed by atoms with Crippen molar-refractivity contribution in [2.24, 2.45) is 17.8 Å². The lowest BCUT2D eigenvalue weighted by Gasteiger charge is -2.33. The number of esters is 1. The molecule has 1 fully saturated rings. The SMILES string of the molecule is COCCCOc1cc(C(NC(=O)OC(C)(C)C)C(CCC2CC(C)C(=O)O2)C(C)C)ccc1OC. The monoisotopic (exact) mass is 507 g/mol. The Morgan fingerprint density at radius 1 is 1.17 bits per heavy atom. The third-order valence-corrected chi connectivity index (χ3v) is 6.38. The van der Waals surface area contributed by atoms with E-state index >= 15 is 0 Å². The Morgan fingerprint density at radius 2 is 1.89 bits per heavy atom. The molecule has 1 aromatic carbocycles. The third kappa shape index (κ3) is 9.19. The van der Waals surface area contributed by atoms with Crippen LogP contribution in [0.1, 0.15) is 78.8 Å². The number of hydrogen-bond acceptors (Lipinski definition) is 7. The molecule has 1 aliphatic heterocycles. The molecule has 0 bridgehead atoms. The van der Waals surface area contributed by atoms with Crippen LogP contribution in [0.2, 0.25) is 0 Å². The number of carbonyl (C=O) groups excluding carboxylic acids is 2. The summed E-state index contributed by atoms with van der Waals surface area (Å²) in [7, 11) is 3.27. The summed E-state index contributed by atoms with van der Waals surface area (Å²) in [5, 5.41) is 3.12. The highest BCUT2D eigenvalue weighted by Crippen LogP contribution is 2.38. The number of methoxy groups -OCH3 is 2. The number of ether oxygens (including phenoxy) is 5. The van der Waals surface area contributed by atoms with Gasteiger partial charge in [-0.2, -0.15) is 0 Å². The topological polar surface area (TPSA) is 92.3 Å². The first-order chi connectivity index (χ1) is 16.9. The summed E-state index contributed by atoms with van der Waals surface area (Å²) in [5.41, 5.74) is 0.282. The van der Waals surface area contributed by atoms with Gasteiger partial charge in [-0.15, -0.1) is 0 Å². The molecule has 0 radical (unpaired) electrons. The van der Waals surface area contributed by atoms with Crippen LogP contribution in [0.25, 0.3) is 0 Å². The number of cyclic esters (lactones) is 1. The molecular formula is C28H45NO7.